The highest BCUT2D eigenvalue weighted by molar-refractivity contribution is 6.48. The van der Waals surface area contributed by atoms with Gasteiger partial charge in [-0.15, -0.1) is 0 Å². The quantitative estimate of drug-likeness (QED) is 0.0500. The summed E-state index contributed by atoms with van der Waals surface area (Å²) in [5, 5.41) is 23.0. The molecule has 1 unspecified atom stereocenters. The lowest BCUT2D eigenvalue weighted by atomic mass is 9.84. The number of aromatic nitrogens is 1. The van der Waals surface area contributed by atoms with Crippen LogP contribution in [0.2, 0.25) is 0 Å². The van der Waals surface area contributed by atoms with Crippen LogP contribution in [0.4, 0.5) is 31.5 Å². The molecule has 6 N–H and O–H groups in total. The number of pyridine rings is 1. The smallest absolute Gasteiger partial charge is 0.274 e. The molecule has 65 heavy (non-hydrogen) atoms. The zero-order valence-electron chi connectivity index (χ0n) is 38.7. The molecule has 4 aromatic rings. The molecule has 0 radical (unpaired) electrons. The second-order valence-corrected chi connectivity index (χ2v) is 16.1. The molecule has 1 atom stereocenters. The van der Waals surface area contributed by atoms with Gasteiger partial charge in [-0.2, -0.15) is 0 Å². The maximum Gasteiger partial charge on any atom is 0.274 e. The topological polar surface area (TPSA) is 189 Å². The first-order valence-electron chi connectivity index (χ1n) is 22.0. The van der Waals surface area contributed by atoms with Gasteiger partial charge in [-0.05, 0) is 112 Å². The number of nitrogens with zero attached hydrogens (tertiary/aromatic N) is 3. The summed E-state index contributed by atoms with van der Waals surface area (Å²) in [5.41, 5.74) is 3.02. The summed E-state index contributed by atoms with van der Waals surface area (Å²) >= 11 is 0. The first-order valence-corrected chi connectivity index (χ1v) is 22.0. The Morgan fingerprint density at radius 3 is 2.23 bits per heavy atom. The Labute approximate surface area is 380 Å². The van der Waals surface area contributed by atoms with Crippen molar-refractivity contribution in [1.29, 1.82) is 5.41 Å². The number of hydrogen-bond acceptors (Lipinski definition) is 10. The van der Waals surface area contributed by atoms with Crippen LogP contribution in [0, 0.1) is 24.0 Å². The Hall–Kier alpha value is -6.55. The van der Waals surface area contributed by atoms with E-state index in [-0.39, 0.29) is 47.5 Å². The number of aldehydes is 1. The Balaban J connectivity index is 0.00000146. The van der Waals surface area contributed by atoms with Crippen LogP contribution < -0.4 is 36.4 Å². The number of nitrogens with one attached hydrogen (secondary N) is 6. The van der Waals surface area contributed by atoms with E-state index < -0.39 is 34.7 Å². The lowest BCUT2D eigenvalue weighted by Gasteiger charge is -2.40. The molecule has 2 aliphatic rings. The number of piperidine rings is 1. The fraction of sp³-hybridized carbons (Fsp3) is 0.408. The summed E-state index contributed by atoms with van der Waals surface area (Å²) in [4.78, 5) is 66.7. The number of halogens is 2. The van der Waals surface area contributed by atoms with Crippen LogP contribution in [0.25, 0.3) is 11.1 Å². The van der Waals surface area contributed by atoms with Gasteiger partial charge in [-0.3, -0.25) is 29.6 Å². The molecule has 1 aromatic heterocycles. The van der Waals surface area contributed by atoms with Gasteiger partial charge in [0.2, 0.25) is 18.2 Å². The number of carbonyl (C=O) groups excluding carboxylic acids is 5. The van der Waals surface area contributed by atoms with Gasteiger partial charge in [-0.25, -0.2) is 8.78 Å². The van der Waals surface area contributed by atoms with Crippen molar-refractivity contribution in [1.82, 2.24) is 20.9 Å². The van der Waals surface area contributed by atoms with Gasteiger partial charge >= 0.3 is 0 Å². The third-order valence-corrected chi connectivity index (χ3v) is 11.4. The standard InChI is InChI=1S/C45H52F2N8O4.C2H5NO.C2H6/c1-27-23-31(16-19-51-27)52-44(59)43(48)41-37(49-4)13-12-34(42(41)47)33-11-10-32(55-20-6-7-40(55)58)25-35(33)45(2,3)53-30-17-21-54(22-18-30)38-14-8-28(24-36(38)46)29(26-56)9-15-39(57)50-5;1-3-2-4;1-2/h8,10-14,16,19,23-26,29-30,48-49,53H,6-7,9,15,17-18,20-22H2,1-5H3,(H,50,57)(H,51,52,59);2H,1H3,(H,3,4);1-2H3. The maximum atomic E-state index is 17.0. The average molecular weight is 896 g/mol. The Kier molecular flexibility index (Phi) is 18.8. The van der Waals surface area contributed by atoms with Crippen molar-refractivity contribution < 1.29 is 32.8 Å². The van der Waals surface area contributed by atoms with E-state index in [2.05, 4.69) is 31.6 Å². The van der Waals surface area contributed by atoms with Gasteiger partial charge in [0.1, 0.15) is 23.6 Å². The van der Waals surface area contributed by atoms with Crippen LogP contribution in [-0.4, -0.2) is 87.9 Å². The minimum absolute atomic E-state index is 0.00145. The zero-order valence-corrected chi connectivity index (χ0v) is 38.7. The Morgan fingerprint density at radius 2 is 1.65 bits per heavy atom. The maximum absolute atomic E-state index is 17.0. The molecule has 0 bridgehead atoms. The van der Waals surface area contributed by atoms with Gasteiger partial charge in [0.15, 0.2) is 0 Å². The number of amides is 4. The highest BCUT2D eigenvalue weighted by Gasteiger charge is 2.33. The highest BCUT2D eigenvalue weighted by atomic mass is 19.1. The summed E-state index contributed by atoms with van der Waals surface area (Å²) in [6, 6.07) is 16.9. The number of benzene rings is 3. The Bertz CT molecular complexity index is 2330. The van der Waals surface area contributed by atoms with Gasteiger partial charge in [0.05, 0.1) is 11.3 Å². The molecule has 3 aromatic carbocycles. The molecule has 14 nitrogen and oxygen atoms in total. The third kappa shape index (κ3) is 12.8. The molecule has 2 aliphatic heterocycles. The SMILES string of the molecule is CC.CNC(=O)CCC(C=O)c1ccc(N2CCC(NC(C)(C)c3cc(N4CCCC4=O)ccc3-c3ccc(NC)c(C(=N)C(=O)Nc4ccnc(C)c4)c3F)CC2)c(F)c1.CNC=O. The first kappa shape index (κ1) is 51.1. The molecule has 4 amide bonds. The predicted octanol–water partition coefficient (Wildman–Crippen LogP) is 7.20. The second-order valence-electron chi connectivity index (χ2n) is 16.1. The van der Waals surface area contributed by atoms with Gasteiger partial charge in [-0.1, -0.05) is 26.0 Å². The molecule has 2 fully saturated rings. The van der Waals surface area contributed by atoms with E-state index in [1.807, 2.05) is 44.7 Å². The summed E-state index contributed by atoms with van der Waals surface area (Å²) in [5.74, 6) is -2.70. The first-order chi connectivity index (χ1) is 31.2. The van der Waals surface area contributed by atoms with E-state index in [0.717, 1.165) is 18.3 Å². The van der Waals surface area contributed by atoms with Crippen LogP contribution in [0.5, 0.6) is 0 Å². The van der Waals surface area contributed by atoms with Gasteiger partial charge in [0.25, 0.3) is 5.91 Å². The molecule has 3 heterocycles. The van der Waals surface area contributed by atoms with Crippen LogP contribution in [0.15, 0.2) is 66.9 Å². The number of aryl methyl sites for hydroxylation is 1. The van der Waals surface area contributed by atoms with E-state index in [1.54, 1.807) is 74.6 Å². The molecule has 0 spiro atoms. The van der Waals surface area contributed by atoms with Crippen molar-refractivity contribution in [2.45, 2.75) is 90.6 Å². The fourth-order valence-corrected chi connectivity index (χ4v) is 8.13. The van der Waals surface area contributed by atoms with E-state index in [4.69, 9.17) is 10.2 Å². The molecular formula is C49H63F2N9O5. The average Bonchev–Trinajstić information content (AvgIpc) is 3.75. The van der Waals surface area contributed by atoms with Crippen molar-refractivity contribution >= 4 is 58.9 Å². The van der Waals surface area contributed by atoms with E-state index in [1.165, 1.54) is 13.1 Å². The molecule has 0 saturated carbocycles. The molecule has 348 valence electrons. The summed E-state index contributed by atoms with van der Waals surface area (Å²) in [6.45, 7) is 11.5. The third-order valence-electron chi connectivity index (χ3n) is 11.4. The largest absolute Gasteiger partial charge is 0.387 e. The molecule has 16 heteroatoms. The molecular weight excluding hydrogens is 833 g/mol. The summed E-state index contributed by atoms with van der Waals surface area (Å²) in [7, 11) is 4.70. The number of rotatable bonds is 16. The summed E-state index contributed by atoms with van der Waals surface area (Å²) in [6.07, 6.45) is 5.90. The molecule has 2 saturated heterocycles. The van der Waals surface area contributed by atoms with Crippen molar-refractivity contribution in [2.75, 3.05) is 61.2 Å². The minimum Gasteiger partial charge on any atom is -0.387 e. The molecule has 6 rings (SSSR count). The zero-order chi connectivity index (χ0) is 47.8. The monoisotopic (exact) mass is 895 g/mol. The van der Waals surface area contributed by atoms with Crippen molar-refractivity contribution in [3.8, 4) is 11.1 Å². The lowest BCUT2D eigenvalue weighted by molar-refractivity contribution is -0.121. The van der Waals surface area contributed by atoms with E-state index in [0.29, 0.717) is 79.2 Å². The minimum atomic E-state index is -0.779. The second kappa shape index (κ2) is 23.9. The predicted molar refractivity (Wildman–Crippen MR) is 254 cm³/mol. The van der Waals surface area contributed by atoms with E-state index in [9.17, 15) is 19.2 Å². The lowest BCUT2D eigenvalue weighted by Crippen LogP contribution is -2.49. The van der Waals surface area contributed by atoms with Crippen LogP contribution in [0.1, 0.15) is 94.5 Å². The fourth-order valence-electron chi connectivity index (χ4n) is 8.13. The Morgan fingerprint density at radius 1 is 0.954 bits per heavy atom. The van der Waals surface area contributed by atoms with Gasteiger partial charge < -0.3 is 41.2 Å². The number of hydrogen-bond donors (Lipinski definition) is 6. The van der Waals surface area contributed by atoms with Gasteiger partial charge in [0, 0.05) is 106 Å². The van der Waals surface area contributed by atoms with Crippen molar-refractivity contribution in [3.63, 3.8) is 0 Å². The van der Waals surface area contributed by atoms with Crippen molar-refractivity contribution in [2.24, 2.45) is 0 Å². The normalized spacial score (nSPS) is 14.2. The van der Waals surface area contributed by atoms with E-state index >= 15 is 8.78 Å². The molecule has 0 aliphatic carbocycles. The summed E-state index contributed by atoms with van der Waals surface area (Å²) < 4.78 is 32.5. The van der Waals surface area contributed by atoms with Crippen LogP contribution in [-0.2, 0) is 29.5 Å². The number of carbonyl (C=O) groups is 5. The highest BCUT2D eigenvalue weighted by Crippen LogP contribution is 2.40. The van der Waals surface area contributed by atoms with Crippen molar-refractivity contribution in [3.05, 3.63) is 101 Å². The van der Waals surface area contributed by atoms with Crippen LogP contribution in [0.3, 0.4) is 0 Å². The van der Waals surface area contributed by atoms with Crippen LogP contribution >= 0.6 is 0 Å². The number of anilines is 4.